The average Bonchev–Trinajstić information content (AvgIpc) is 3.08. The second-order valence-corrected chi connectivity index (χ2v) is 8.04. The second-order valence-electron chi connectivity index (χ2n) is 8.04. The molecule has 31 heavy (non-hydrogen) atoms. The number of hydrogen-bond donors (Lipinski definition) is 1. The van der Waals surface area contributed by atoms with E-state index in [1.165, 1.54) is 0 Å². The Morgan fingerprint density at radius 1 is 1.42 bits per heavy atom. The SMILES string of the molecule is C=N/C(=C\C=C(/C)CC1(N)COC1)c1ccc(C#N)cc1Oc1cc(N(C)C)nn1C. The van der Waals surface area contributed by atoms with Crippen LogP contribution < -0.4 is 15.4 Å². The van der Waals surface area contributed by atoms with E-state index in [2.05, 4.69) is 22.9 Å². The second kappa shape index (κ2) is 9.16. The van der Waals surface area contributed by atoms with Gasteiger partial charge in [0.2, 0.25) is 5.88 Å². The normalized spacial score (nSPS) is 15.7. The van der Waals surface area contributed by atoms with Crippen LogP contribution in [0.5, 0.6) is 11.6 Å². The van der Waals surface area contributed by atoms with Gasteiger partial charge in [0.1, 0.15) is 5.75 Å². The molecule has 0 radical (unpaired) electrons. The largest absolute Gasteiger partial charge is 0.438 e. The van der Waals surface area contributed by atoms with E-state index in [4.69, 9.17) is 15.2 Å². The zero-order valence-corrected chi connectivity index (χ0v) is 18.4. The number of aryl methyl sites for hydroxylation is 1. The van der Waals surface area contributed by atoms with Crippen molar-refractivity contribution in [1.82, 2.24) is 9.78 Å². The Kier molecular flexibility index (Phi) is 6.59. The molecule has 0 unspecified atom stereocenters. The van der Waals surface area contributed by atoms with Gasteiger partial charge >= 0.3 is 0 Å². The van der Waals surface area contributed by atoms with E-state index < -0.39 is 0 Å². The fraction of sp³-hybridized carbons (Fsp3) is 0.348. The summed E-state index contributed by atoms with van der Waals surface area (Å²) in [7, 11) is 5.62. The molecule has 2 aromatic rings. The molecule has 1 fully saturated rings. The van der Waals surface area contributed by atoms with Gasteiger partial charge < -0.3 is 20.1 Å². The minimum Gasteiger partial charge on any atom is -0.438 e. The monoisotopic (exact) mass is 420 g/mol. The number of benzene rings is 1. The summed E-state index contributed by atoms with van der Waals surface area (Å²) in [4.78, 5) is 6.08. The van der Waals surface area contributed by atoms with E-state index in [1.54, 1.807) is 23.9 Å². The molecule has 3 rings (SSSR count). The van der Waals surface area contributed by atoms with Crippen LogP contribution in [0.2, 0.25) is 0 Å². The van der Waals surface area contributed by atoms with Crippen molar-refractivity contribution in [3.8, 4) is 17.7 Å². The number of hydrogen-bond acceptors (Lipinski definition) is 7. The number of nitrogens with two attached hydrogens (primary N) is 1. The van der Waals surface area contributed by atoms with Gasteiger partial charge in [0.15, 0.2) is 5.82 Å². The Labute approximate surface area is 182 Å². The summed E-state index contributed by atoms with van der Waals surface area (Å²) >= 11 is 0. The molecule has 1 saturated heterocycles. The number of anilines is 1. The molecule has 2 N–H and O–H groups in total. The topological polar surface area (TPSA) is 102 Å². The predicted octanol–water partition coefficient (Wildman–Crippen LogP) is 3.26. The van der Waals surface area contributed by atoms with Crippen molar-refractivity contribution in [1.29, 1.82) is 5.26 Å². The van der Waals surface area contributed by atoms with Gasteiger partial charge in [-0.15, -0.1) is 0 Å². The van der Waals surface area contributed by atoms with Crippen LogP contribution in [0.1, 0.15) is 24.5 Å². The summed E-state index contributed by atoms with van der Waals surface area (Å²) in [5, 5.41) is 13.8. The fourth-order valence-corrected chi connectivity index (χ4v) is 3.28. The number of allylic oxidation sites excluding steroid dienone is 2. The summed E-state index contributed by atoms with van der Waals surface area (Å²) in [5.41, 5.74) is 8.91. The van der Waals surface area contributed by atoms with Crippen molar-refractivity contribution in [3.63, 3.8) is 0 Å². The summed E-state index contributed by atoms with van der Waals surface area (Å²) in [5.74, 6) is 1.81. The zero-order valence-electron chi connectivity index (χ0n) is 18.4. The van der Waals surface area contributed by atoms with Gasteiger partial charge in [-0.2, -0.15) is 10.4 Å². The van der Waals surface area contributed by atoms with Gasteiger partial charge in [-0.1, -0.05) is 11.6 Å². The van der Waals surface area contributed by atoms with Gasteiger partial charge in [0.25, 0.3) is 0 Å². The van der Waals surface area contributed by atoms with E-state index in [0.29, 0.717) is 36.1 Å². The molecular formula is C23H28N6O2. The van der Waals surface area contributed by atoms with Gasteiger partial charge in [-0.3, -0.25) is 4.99 Å². The zero-order chi connectivity index (χ0) is 22.6. The van der Waals surface area contributed by atoms with Gasteiger partial charge in [-0.25, -0.2) is 4.68 Å². The molecule has 0 atom stereocenters. The first-order chi connectivity index (χ1) is 14.7. The van der Waals surface area contributed by atoms with Crippen LogP contribution in [0.4, 0.5) is 5.82 Å². The highest BCUT2D eigenvalue weighted by molar-refractivity contribution is 5.74. The Hall–Kier alpha value is -3.41. The highest BCUT2D eigenvalue weighted by Gasteiger charge is 2.33. The lowest BCUT2D eigenvalue weighted by Crippen LogP contribution is -2.57. The summed E-state index contributed by atoms with van der Waals surface area (Å²) < 4.78 is 13.0. The van der Waals surface area contributed by atoms with Crippen molar-refractivity contribution >= 4 is 18.2 Å². The number of aromatic nitrogens is 2. The quantitative estimate of drug-likeness (QED) is 0.520. The van der Waals surface area contributed by atoms with Crippen LogP contribution in [-0.2, 0) is 11.8 Å². The van der Waals surface area contributed by atoms with Gasteiger partial charge in [0.05, 0.1) is 36.1 Å². The predicted molar refractivity (Wildman–Crippen MR) is 122 cm³/mol. The maximum Gasteiger partial charge on any atom is 0.219 e. The molecule has 0 amide bonds. The first kappa shape index (κ1) is 22.3. The minimum absolute atomic E-state index is 0.289. The van der Waals surface area contributed by atoms with E-state index in [1.807, 2.05) is 50.2 Å². The van der Waals surface area contributed by atoms with Crippen molar-refractivity contribution in [2.75, 3.05) is 32.2 Å². The molecule has 8 heteroatoms. The van der Waals surface area contributed by atoms with Crippen molar-refractivity contribution in [2.45, 2.75) is 18.9 Å². The number of ether oxygens (including phenoxy) is 2. The third kappa shape index (κ3) is 5.20. The lowest BCUT2D eigenvalue weighted by Gasteiger charge is -2.38. The molecule has 1 aliphatic rings. The van der Waals surface area contributed by atoms with Crippen LogP contribution >= 0.6 is 0 Å². The number of nitrogens with zero attached hydrogens (tertiary/aromatic N) is 5. The molecular weight excluding hydrogens is 392 g/mol. The first-order valence-corrected chi connectivity index (χ1v) is 9.89. The summed E-state index contributed by atoms with van der Waals surface area (Å²) in [6, 6.07) is 9.21. The van der Waals surface area contributed by atoms with Crippen molar-refractivity contribution in [3.05, 3.63) is 53.1 Å². The van der Waals surface area contributed by atoms with E-state index >= 15 is 0 Å². The molecule has 2 heterocycles. The molecule has 0 bridgehead atoms. The summed E-state index contributed by atoms with van der Waals surface area (Å²) in [6.45, 7) is 6.88. The first-order valence-electron chi connectivity index (χ1n) is 9.89. The van der Waals surface area contributed by atoms with Crippen molar-refractivity contribution in [2.24, 2.45) is 17.8 Å². The number of rotatable bonds is 8. The van der Waals surface area contributed by atoms with E-state index in [-0.39, 0.29) is 5.54 Å². The van der Waals surface area contributed by atoms with Crippen LogP contribution in [0.15, 0.2) is 47.0 Å². The molecule has 0 spiro atoms. The third-order valence-corrected chi connectivity index (χ3v) is 4.99. The molecule has 1 aliphatic heterocycles. The summed E-state index contributed by atoms with van der Waals surface area (Å²) in [6.07, 6.45) is 4.61. The fourth-order valence-electron chi connectivity index (χ4n) is 3.28. The Morgan fingerprint density at radius 3 is 2.71 bits per heavy atom. The average molecular weight is 421 g/mol. The molecule has 8 nitrogen and oxygen atoms in total. The Morgan fingerprint density at radius 2 is 2.16 bits per heavy atom. The molecule has 0 saturated carbocycles. The van der Waals surface area contributed by atoms with Gasteiger partial charge in [-0.05, 0) is 44.3 Å². The highest BCUT2D eigenvalue weighted by Crippen LogP contribution is 2.33. The molecule has 0 aliphatic carbocycles. The molecule has 1 aromatic carbocycles. The van der Waals surface area contributed by atoms with Crippen molar-refractivity contribution < 1.29 is 9.47 Å². The van der Waals surface area contributed by atoms with Crippen LogP contribution in [0, 0.1) is 11.3 Å². The lowest BCUT2D eigenvalue weighted by molar-refractivity contribution is -0.0528. The Bertz CT molecular complexity index is 1070. The maximum absolute atomic E-state index is 9.35. The smallest absolute Gasteiger partial charge is 0.219 e. The van der Waals surface area contributed by atoms with Crippen LogP contribution in [-0.4, -0.2) is 49.3 Å². The molecule has 162 valence electrons. The highest BCUT2D eigenvalue weighted by atomic mass is 16.5. The Balaban J connectivity index is 1.94. The van der Waals surface area contributed by atoms with Gasteiger partial charge in [0, 0.05) is 32.8 Å². The molecule has 1 aromatic heterocycles. The van der Waals surface area contributed by atoms with Crippen LogP contribution in [0.25, 0.3) is 5.70 Å². The number of aliphatic imine (C=N–C) groups is 1. The minimum atomic E-state index is -0.289. The van der Waals surface area contributed by atoms with E-state index in [9.17, 15) is 5.26 Å². The van der Waals surface area contributed by atoms with Crippen LogP contribution in [0.3, 0.4) is 0 Å². The standard InChI is InChI=1S/C23H28N6O2/c1-16(12-23(25)14-30-15-23)6-9-19(26-2)18-8-7-17(13-24)10-20(18)31-22-11-21(28(3)4)27-29(22)5/h6-11H,2,12,14-15,25H2,1,3-5H3/b16-6+,19-9-. The lowest BCUT2D eigenvalue weighted by atomic mass is 9.90. The maximum atomic E-state index is 9.35. The van der Waals surface area contributed by atoms with E-state index in [0.717, 1.165) is 23.4 Å². The number of nitriles is 1. The third-order valence-electron chi connectivity index (χ3n) is 4.99.